The van der Waals surface area contributed by atoms with Crippen LogP contribution in [0.1, 0.15) is 24.8 Å². The number of esters is 1. The quantitative estimate of drug-likeness (QED) is 0.402. The van der Waals surface area contributed by atoms with Crippen LogP contribution >= 0.6 is 0 Å². The normalized spacial score (nSPS) is 27.4. The Morgan fingerprint density at radius 1 is 1.11 bits per heavy atom. The van der Waals surface area contributed by atoms with E-state index in [1.807, 2.05) is 6.07 Å². The molecule has 13 heteroatoms. The predicted molar refractivity (Wildman–Crippen MR) is 118 cm³/mol. The number of nitrogens with zero attached hydrogens (tertiary/aromatic N) is 3. The van der Waals surface area contributed by atoms with Crippen molar-refractivity contribution in [3.8, 4) is 11.3 Å². The zero-order valence-electron chi connectivity index (χ0n) is 19.3. The van der Waals surface area contributed by atoms with Crippen molar-refractivity contribution < 1.29 is 41.7 Å². The lowest BCUT2D eigenvalue weighted by atomic mass is 9.91. The summed E-state index contributed by atoms with van der Waals surface area (Å²) in [4.78, 5) is 24.3. The number of hydrogen-bond donors (Lipinski definition) is 1. The van der Waals surface area contributed by atoms with Gasteiger partial charge in [-0.25, -0.2) is 17.9 Å². The van der Waals surface area contributed by atoms with E-state index in [4.69, 9.17) is 24.7 Å². The highest BCUT2D eigenvalue weighted by Gasteiger charge is 2.54. The second-order valence-electron chi connectivity index (χ2n) is 8.58. The molecule has 0 radical (unpaired) electrons. The van der Waals surface area contributed by atoms with E-state index in [9.17, 15) is 22.8 Å². The molecule has 10 nitrogen and oxygen atoms in total. The van der Waals surface area contributed by atoms with Crippen LogP contribution in [0, 0.1) is 17.5 Å². The molecule has 1 amide bonds. The summed E-state index contributed by atoms with van der Waals surface area (Å²) in [5.41, 5.74) is 6.17. The van der Waals surface area contributed by atoms with E-state index >= 15 is 0 Å². The number of benzene rings is 2. The summed E-state index contributed by atoms with van der Waals surface area (Å²) in [5.74, 6) is -6.05. The monoisotopic (exact) mass is 518 g/mol. The molecule has 6 atom stereocenters. The first-order chi connectivity index (χ1) is 17.7. The summed E-state index contributed by atoms with van der Waals surface area (Å²) in [6.45, 7) is 1.16. The number of halogens is 3. The van der Waals surface area contributed by atoms with Gasteiger partial charge in [0, 0.05) is 18.1 Å². The molecule has 194 valence electrons. The van der Waals surface area contributed by atoms with Crippen molar-refractivity contribution >= 4 is 11.9 Å². The first-order valence-electron chi connectivity index (χ1n) is 11.2. The number of carbonyl (C=O) groups is 2. The van der Waals surface area contributed by atoms with Gasteiger partial charge in [-0.05, 0) is 12.1 Å². The average Bonchev–Trinajstić information content (AvgIpc) is 3.36. The maximum Gasteiger partial charge on any atom is 0.303 e. The average molecular weight is 518 g/mol. The third kappa shape index (κ3) is 4.80. The second-order valence-corrected chi connectivity index (χ2v) is 8.58. The number of ether oxygens (including phenoxy) is 4. The van der Waals surface area contributed by atoms with Gasteiger partial charge in [0.25, 0.3) is 5.91 Å². The van der Waals surface area contributed by atoms with Crippen LogP contribution in [0.3, 0.4) is 0 Å². The Labute approximate surface area is 208 Å². The maximum absolute atomic E-state index is 13.8. The summed E-state index contributed by atoms with van der Waals surface area (Å²) < 4.78 is 65.6. The van der Waals surface area contributed by atoms with Crippen LogP contribution in [0.15, 0.2) is 48.7 Å². The molecule has 0 spiro atoms. The molecular formula is C24H21F3N4O6. The van der Waals surface area contributed by atoms with Crippen LogP contribution < -0.4 is 5.73 Å². The van der Waals surface area contributed by atoms with Crippen LogP contribution in [0.5, 0.6) is 0 Å². The fraction of sp³-hybridized carbons (Fsp3) is 0.333. The van der Waals surface area contributed by atoms with Crippen LogP contribution in [0.2, 0.25) is 0 Å². The van der Waals surface area contributed by atoms with E-state index in [0.29, 0.717) is 5.56 Å². The Kier molecular flexibility index (Phi) is 6.67. The van der Waals surface area contributed by atoms with Gasteiger partial charge in [-0.15, -0.1) is 5.10 Å². The van der Waals surface area contributed by atoms with Gasteiger partial charge in [0.1, 0.15) is 23.9 Å². The molecule has 3 heterocycles. The van der Waals surface area contributed by atoms with Gasteiger partial charge in [-0.1, -0.05) is 35.5 Å². The Bertz CT molecular complexity index is 1300. The SMILES string of the molecule is CC(=O)O[C@@H]1[C@@H](n2cc(-c3cc(F)c(F)c(F)c3)nn2)[C@H]2O[C@@H](c3ccccc3)OC[C@H]2O[C@H]1C(N)=O. The molecule has 2 aliphatic heterocycles. The van der Waals surface area contributed by atoms with E-state index in [1.165, 1.54) is 10.9 Å². The van der Waals surface area contributed by atoms with Gasteiger partial charge >= 0.3 is 5.97 Å². The molecule has 2 N–H and O–H groups in total. The number of primary amides is 1. The molecule has 0 saturated carbocycles. The molecule has 2 saturated heterocycles. The lowest BCUT2D eigenvalue weighted by Crippen LogP contribution is -2.63. The second kappa shape index (κ2) is 9.92. The maximum atomic E-state index is 13.8. The topological polar surface area (TPSA) is 128 Å². The predicted octanol–water partition coefficient (Wildman–Crippen LogP) is 2.20. The van der Waals surface area contributed by atoms with E-state index in [1.54, 1.807) is 24.3 Å². The summed E-state index contributed by atoms with van der Waals surface area (Å²) in [7, 11) is 0. The van der Waals surface area contributed by atoms with Crippen LogP contribution in [0.25, 0.3) is 11.3 Å². The largest absolute Gasteiger partial charge is 0.457 e. The number of nitrogens with two attached hydrogens (primary N) is 1. The molecule has 2 aromatic carbocycles. The lowest BCUT2D eigenvalue weighted by Gasteiger charge is -2.48. The molecule has 0 aliphatic carbocycles. The van der Waals surface area contributed by atoms with Crippen LogP contribution in [-0.2, 0) is 28.5 Å². The minimum atomic E-state index is -1.62. The lowest BCUT2D eigenvalue weighted by molar-refractivity contribution is -0.313. The zero-order valence-corrected chi connectivity index (χ0v) is 19.3. The van der Waals surface area contributed by atoms with E-state index in [2.05, 4.69) is 10.3 Å². The van der Waals surface area contributed by atoms with Crippen molar-refractivity contribution in [2.24, 2.45) is 5.73 Å². The summed E-state index contributed by atoms with van der Waals surface area (Å²) >= 11 is 0. The van der Waals surface area contributed by atoms with Gasteiger partial charge in [0.2, 0.25) is 0 Å². The Balaban J connectivity index is 1.56. The van der Waals surface area contributed by atoms with Crippen molar-refractivity contribution in [1.82, 2.24) is 15.0 Å². The molecule has 37 heavy (non-hydrogen) atoms. The van der Waals surface area contributed by atoms with Crippen molar-refractivity contribution in [2.45, 2.75) is 43.7 Å². The van der Waals surface area contributed by atoms with Crippen molar-refractivity contribution in [1.29, 1.82) is 0 Å². The summed E-state index contributed by atoms with van der Waals surface area (Å²) in [6.07, 6.45) is -3.88. The molecule has 1 aromatic heterocycles. The van der Waals surface area contributed by atoms with Gasteiger partial charge in [0.15, 0.2) is 35.9 Å². The van der Waals surface area contributed by atoms with Crippen molar-refractivity contribution in [3.63, 3.8) is 0 Å². The highest BCUT2D eigenvalue weighted by molar-refractivity contribution is 5.80. The van der Waals surface area contributed by atoms with Gasteiger partial charge < -0.3 is 24.7 Å². The van der Waals surface area contributed by atoms with Crippen LogP contribution in [0.4, 0.5) is 13.2 Å². The van der Waals surface area contributed by atoms with E-state index in [0.717, 1.165) is 19.1 Å². The molecule has 0 unspecified atom stereocenters. The third-order valence-electron chi connectivity index (χ3n) is 6.10. The Hall–Kier alpha value is -3.81. The zero-order chi connectivity index (χ0) is 26.3. The highest BCUT2D eigenvalue weighted by atomic mass is 19.2. The number of aromatic nitrogens is 3. The van der Waals surface area contributed by atoms with Gasteiger partial charge in [0.05, 0.1) is 12.8 Å². The van der Waals surface area contributed by atoms with Gasteiger partial charge in [-0.3, -0.25) is 9.59 Å². The molecule has 3 aromatic rings. The highest BCUT2D eigenvalue weighted by Crippen LogP contribution is 2.40. The van der Waals surface area contributed by atoms with Gasteiger partial charge in [-0.2, -0.15) is 0 Å². The van der Waals surface area contributed by atoms with E-state index in [-0.39, 0.29) is 17.9 Å². The minimum absolute atomic E-state index is 0.00718. The standard InChI is InChI=1S/C24H21F3N4O6/c1-11(32)35-21-19(31-9-16(29-30-31)13-7-14(25)18(27)15(26)8-13)20-17(36-22(21)23(28)33)10-34-24(37-20)12-5-3-2-4-6-12/h2-9,17,19-22,24H,10H2,1H3,(H2,28,33)/t17-,19+,20+,21-,22-,24+/m1/s1. The Morgan fingerprint density at radius 3 is 2.46 bits per heavy atom. The number of fused-ring (bicyclic) bond motifs is 1. The smallest absolute Gasteiger partial charge is 0.303 e. The van der Waals surface area contributed by atoms with Crippen molar-refractivity contribution in [2.75, 3.05) is 6.61 Å². The molecular weight excluding hydrogens is 497 g/mol. The number of carbonyl (C=O) groups excluding carboxylic acids is 2. The minimum Gasteiger partial charge on any atom is -0.457 e. The first-order valence-corrected chi connectivity index (χ1v) is 11.2. The summed E-state index contributed by atoms with van der Waals surface area (Å²) in [6, 6.07) is 9.56. The molecule has 0 bridgehead atoms. The van der Waals surface area contributed by atoms with Crippen LogP contribution in [-0.4, -0.2) is 57.9 Å². The third-order valence-corrected chi connectivity index (χ3v) is 6.10. The van der Waals surface area contributed by atoms with E-state index < -0.39 is 66.1 Å². The Morgan fingerprint density at radius 2 is 1.81 bits per heavy atom. The number of amides is 1. The fourth-order valence-corrected chi connectivity index (χ4v) is 4.49. The number of hydrogen-bond acceptors (Lipinski definition) is 8. The molecule has 2 aliphatic rings. The first kappa shape index (κ1) is 24.9. The fourth-order valence-electron chi connectivity index (χ4n) is 4.49. The number of rotatable bonds is 5. The summed E-state index contributed by atoms with van der Waals surface area (Å²) in [5, 5.41) is 7.99. The molecule has 2 fully saturated rings. The molecule has 5 rings (SSSR count). The van der Waals surface area contributed by atoms with Crippen molar-refractivity contribution in [3.05, 3.63) is 71.7 Å².